The van der Waals surface area contributed by atoms with E-state index in [4.69, 9.17) is 10.2 Å². The Morgan fingerprint density at radius 3 is 2.30 bits per heavy atom. The van der Waals surface area contributed by atoms with Crippen molar-refractivity contribution in [3.05, 3.63) is 0 Å². The largest absolute Gasteiger partial charge is 0.480 e. The molecule has 0 radical (unpaired) electrons. The van der Waals surface area contributed by atoms with Gasteiger partial charge in [-0.3, -0.25) is 4.79 Å². The highest BCUT2D eigenvalue weighted by molar-refractivity contribution is 5.80. The van der Waals surface area contributed by atoms with Crippen LogP contribution in [0.1, 0.15) is 46.0 Å². The Hall–Kier alpha value is -1.30. The van der Waals surface area contributed by atoms with Gasteiger partial charge in [0, 0.05) is 25.2 Å². The SMILES string of the molecule is CC(C)N(CCCO)C(=O)N(CC(=O)O)C1CCCC1. The number of carboxylic acid groups (broad SMARTS) is 1. The molecule has 20 heavy (non-hydrogen) atoms. The minimum Gasteiger partial charge on any atom is -0.480 e. The zero-order chi connectivity index (χ0) is 15.1. The number of carbonyl (C=O) groups excluding carboxylic acids is 1. The normalized spacial score (nSPS) is 15.6. The first-order valence-corrected chi connectivity index (χ1v) is 7.37. The van der Waals surface area contributed by atoms with Crippen LogP contribution in [0.4, 0.5) is 4.79 Å². The van der Waals surface area contributed by atoms with E-state index in [1.54, 1.807) is 4.90 Å². The van der Waals surface area contributed by atoms with E-state index in [0.717, 1.165) is 25.7 Å². The number of hydrogen-bond acceptors (Lipinski definition) is 3. The molecule has 0 unspecified atom stereocenters. The summed E-state index contributed by atoms with van der Waals surface area (Å²) in [7, 11) is 0. The number of carbonyl (C=O) groups is 2. The summed E-state index contributed by atoms with van der Waals surface area (Å²) in [6.45, 7) is 4.05. The van der Waals surface area contributed by atoms with Crippen LogP contribution in [0.3, 0.4) is 0 Å². The van der Waals surface area contributed by atoms with E-state index < -0.39 is 5.97 Å². The van der Waals surface area contributed by atoms with Crippen LogP contribution >= 0.6 is 0 Å². The lowest BCUT2D eigenvalue weighted by Gasteiger charge is -2.35. The maximum atomic E-state index is 12.6. The Labute approximate surface area is 120 Å². The second-order valence-corrected chi connectivity index (χ2v) is 5.61. The fraction of sp³-hybridized carbons (Fsp3) is 0.857. The van der Waals surface area contributed by atoms with Crippen molar-refractivity contribution < 1.29 is 19.8 Å². The van der Waals surface area contributed by atoms with Gasteiger partial charge in [-0.1, -0.05) is 12.8 Å². The van der Waals surface area contributed by atoms with Gasteiger partial charge < -0.3 is 20.0 Å². The van der Waals surface area contributed by atoms with Crippen LogP contribution < -0.4 is 0 Å². The van der Waals surface area contributed by atoms with Gasteiger partial charge in [-0.15, -0.1) is 0 Å². The second kappa shape index (κ2) is 8.09. The van der Waals surface area contributed by atoms with Crippen molar-refractivity contribution in [3.63, 3.8) is 0 Å². The highest BCUT2D eigenvalue weighted by atomic mass is 16.4. The quantitative estimate of drug-likeness (QED) is 0.743. The maximum Gasteiger partial charge on any atom is 0.323 e. The molecule has 0 aliphatic heterocycles. The number of carboxylic acids is 1. The van der Waals surface area contributed by atoms with Gasteiger partial charge in [-0.2, -0.15) is 0 Å². The molecule has 0 saturated heterocycles. The Balaban J connectivity index is 2.79. The summed E-state index contributed by atoms with van der Waals surface area (Å²) in [5.41, 5.74) is 0. The van der Waals surface area contributed by atoms with Gasteiger partial charge in [0.05, 0.1) is 0 Å². The molecule has 1 aliphatic rings. The monoisotopic (exact) mass is 286 g/mol. The van der Waals surface area contributed by atoms with Crippen LogP contribution in [0.2, 0.25) is 0 Å². The molecule has 0 heterocycles. The van der Waals surface area contributed by atoms with Crippen LogP contribution in [-0.4, -0.2) is 63.8 Å². The van der Waals surface area contributed by atoms with E-state index in [1.807, 2.05) is 13.8 Å². The third kappa shape index (κ3) is 4.67. The number of aliphatic carboxylic acids is 1. The van der Waals surface area contributed by atoms with Crippen LogP contribution in [-0.2, 0) is 4.79 Å². The molecular weight excluding hydrogens is 260 g/mol. The third-order valence-electron chi connectivity index (χ3n) is 3.74. The molecule has 1 saturated carbocycles. The van der Waals surface area contributed by atoms with Crippen molar-refractivity contribution in [1.29, 1.82) is 0 Å². The molecule has 2 N–H and O–H groups in total. The zero-order valence-corrected chi connectivity index (χ0v) is 12.4. The van der Waals surface area contributed by atoms with Crippen molar-refractivity contribution in [2.45, 2.75) is 58.0 Å². The summed E-state index contributed by atoms with van der Waals surface area (Å²) in [6.07, 6.45) is 4.37. The van der Waals surface area contributed by atoms with E-state index in [0.29, 0.717) is 13.0 Å². The average molecular weight is 286 g/mol. The minimum absolute atomic E-state index is 0.00764. The highest BCUT2D eigenvalue weighted by Gasteiger charge is 2.32. The van der Waals surface area contributed by atoms with Crippen molar-refractivity contribution in [2.24, 2.45) is 0 Å². The fourth-order valence-corrected chi connectivity index (χ4v) is 2.70. The van der Waals surface area contributed by atoms with E-state index >= 15 is 0 Å². The van der Waals surface area contributed by atoms with Crippen LogP contribution in [0.25, 0.3) is 0 Å². The number of nitrogens with zero attached hydrogens (tertiary/aromatic N) is 2. The summed E-state index contributed by atoms with van der Waals surface area (Å²) in [5, 5.41) is 18.0. The van der Waals surface area contributed by atoms with Gasteiger partial charge in [0.1, 0.15) is 6.54 Å². The number of urea groups is 1. The van der Waals surface area contributed by atoms with Gasteiger partial charge in [-0.25, -0.2) is 4.79 Å². The van der Waals surface area contributed by atoms with Gasteiger partial charge in [-0.05, 0) is 33.1 Å². The molecule has 116 valence electrons. The first-order valence-electron chi connectivity index (χ1n) is 7.37. The summed E-state index contributed by atoms with van der Waals surface area (Å²) in [6, 6.07) is -0.191. The zero-order valence-electron chi connectivity index (χ0n) is 12.4. The van der Waals surface area contributed by atoms with Gasteiger partial charge >= 0.3 is 12.0 Å². The summed E-state index contributed by atoms with van der Waals surface area (Å²) in [4.78, 5) is 26.8. The van der Waals surface area contributed by atoms with Crippen molar-refractivity contribution in [1.82, 2.24) is 9.80 Å². The predicted octanol–water partition coefficient (Wildman–Crippen LogP) is 1.53. The van der Waals surface area contributed by atoms with Crippen molar-refractivity contribution >= 4 is 12.0 Å². The molecule has 6 heteroatoms. The van der Waals surface area contributed by atoms with E-state index in [1.165, 1.54) is 4.90 Å². The molecule has 0 bridgehead atoms. The predicted molar refractivity (Wildman–Crippen MR) is 75.5 cm³/mol. The highest BCUT2D eigenvalue weighted by Crippen LogP contribution is 2.24. The van der Waals surface area contributed by atoms with E-state index in [2.05, 4.69) is 0 Å². The van der Waals surface area contributed by atoms with Gasteiger partial charge in [0.15, 0.2) is 0 Å². The standard InChI is InChI=1S/C14H26N2O4/c1-11(2)15(8-5-9-17)14(20)16(10-13(18)19)12-6-3-4-7-12/h11-12,17H,3-10H2,1-2H3,(H,18,19). The first-order chi connectivity index (χ1) is 9.47. The lowest BCUT2D eigenvalue weighted by atomic mass is 10.2. The lowest BCUT2D eigenvalue weighted by molar-refractivity contribution is -0.138. The van der Waals surface area contributed by atoms with Gasteiger partial charge in [0.25, 0.3) is 0 Å². The minimum atomic E-state index is -0.976. The molecule has 1 fully saturated rings. The fourth-order valence-electron chi connectivity index (χ4n) is 2.70. The molecule has 0 aromatic rings. The maximum absolute atomic E-state index is 12.6. The van der Waals surface area contributed by atoms with Crippen molar-refractivity contribution in [2.75, 3.05) is 19.7 Å². The number of hydrogen-bond donors (Lipinski definition) is 2. The second-order valence-electron chi connectivity index (χ2n) is 5.61. The van der Waals surface area contributed by atoms with E-state index in [-0.39, 0.29) is 31.3 Å². The Morgan fingerprint density at radius 2 is 1.85 bits per heavy atom. The van der Waals surface area contributed by atoms with Crippen molar-refractivity contribution in [3.8, 4) is 0 Å². The molecule has 0 spiro atoms. The third-order valence-corrected chi connectivity index (χ3v) is 3.74. The molecular formula is C14H26N2O4. The molecule has 0 atom stereocenters. The first kappa shape index (κ1) is 16.8. The average Bonchev–Trinajstić information content (AvgIpc) is 2.89. The molecule has 1 aliphatic carbocycles. The molecule has 0 aromatic carbocycles. The topological polar surface area (TPSA) is 81.1 Å². The summed E-state index contributed by atoms with van der Waals surface area (Å²) < 4.78 is 0. The summed E-state index contributed by atoms with van der Waals surface area (Å²) in [5.74, 6) is -0.976. The molecule has 0 aromatic heterocycles. The molecule has 6 nitrogen and oxygen atoms in total. The summed E-state index contributed by atoms with van der Waals surface area (Å²) >= 11 is 0. The number of aliphatic hydroxyl groups is 1. The number of rotatable bonds is 7. The smallest absolute Gasteiger partial charge is 0.323 e. The van der Waals surface area contributed by atoms with Gasteiger partial charge in [0.2, 0.25) is 0 Å². The Bertz CT molecular complexity index is 327. The van der Waals surface area contributed by atoms with Crippen LogP contribution in [0.15, 0.2) is 0 Å². The number of amides is 2. The Morgan fingerprint density at radius 1 is 1.25 bits per heavy atom. The molecule has 1 rings (SSSR count). The number of aliphatic hydroxyl groups excluding tert-OH is 1. The van der Waals surface area contributed by atoms with Crippen LogP contribution in [0, 0.1) is 0 Å². The Kier molecular flexibility index (Phi) is 6.78. The van der Waals surface area contributed by atoms with E-state index in [9.17, 15) is 9.59 Å². The lowest BCUT2D eigenvalue weighted by Crippen LogP contribution is -2.51. The van der Waals surface area contributed by atoms with Crippen LogP contribution in [0.5, 0.6) is 0 Å². The molecule has 2 amide bonds.